The number of amides is 1. The molecule has 1 unspecified atom stereocenters. The zero-order valence-electron chi connectivity index (χ0n) is 19.0. The van der Waals surface area contributed by atoms with Crippen molar-refractivity contribution in [1.82, 2.24) is 5.43 Å². The van der Waals surface area contributed by atoms with Gasteiger partial charge in [0.1, 0.15) is 5.75 Å². The van der Waals surface area contributed by atoms with Gasteiger partial charge in [-0.05, 0) is 86.6 Å². The molecule has 1 atom stereocenters. The predicted molar refractivity (Wildman–Crippen MR) is 129 cm³/mol. The maximum atomic E-state index is 12.1. The van der Waals surface area contributed by atoms with Crippen LogP contribution in [-0.4, -0.2) is 30.8 Å². The molecule has 0 bridgehead atoms. The second-order valence-corrected chi connectivity index (χ2v) is 9.31. The van der Waals surface area contributed by atoms with E-state index in [1.807, 2.05) is 0 Å². The van der Waals surface area contributed by atoms with Crippen molar-refractivity contribution >= 4 is 29.4 Å². The van der Waals surface area contributed by atoms with Gasteiger partial charge in [0.15, 0.2) is 6.61 Å². The molecule has 1 amide bonds. The van der Waals surface area contributed by atoms with Gasteiger partial charge in [0, 0.05) is 22.8 Å². The standard InChI is InChI=1S/C25H32ClN3O2/c1-6-10-29-23-11-17(2)19(12-22(23)18(3)14-25(29,4)5)15-27-28-24(30)16-31-21-9-7-8-20(26)13-21/h7-9,11-13,15,18H,6,10,14,16H2,1-5H3,(H,28,30)/b27-15+. The molecule has 6 heteroatoms. The van der Waals surface area contributed by atoms with Gasteiger partial charge in [0.05, 0.1) is 6.21 Å². The first-order valence-electron chi connectivity index (χ1n) is 10.8. The van der Waals surface area contributed by atoms with Crippen molar-refractivity contribution in [3.8, 4) is 5.75 Å². The highest BCUT2D eigenvalue weighted by atomic mass is 35.5. The summed E-state index contributed by atoms with van der Waals surface area (Å²) >= 11 is 5.92. The van der Waals surface area contributed by atoms with Crippen LogP contribution >= 0.6 is 11.6 Å². The van der Waals surface area contributed by atoms with Gasteiger partial charge in [0.2, 0.25) is 0 Å². The predicted octanol–water partition coefficient (Wildman–Crippen LogP) is 5.68. The highest BCUT2D eigenvalue weighted by Crippen LogP contribution is 2.44. The van der Waals surface area contributed by atoms with E-state index in [4.69, 9.17) is 16.3 Å². The summed E-state index contributed by atoms with van der Waals surface area (Å²) in [5.74, 6) is 0.688. The second-order valence-electron chi connectivity index (χ2n) is 8.88. The summed E-state index contributed by atoms with van der Waals surface area (Å²) in [4.78, 5) is 14.6. The number of hydrogen-bond acceptors (Lipinski definition) is 4. The first kappa shape index (κ1) is 23.1. The van der Waals surface area contributed by atoms with Crippen LogP contribution in [0.4, 0.5) is 5.69 Å². The minimum atomic E-state index is -0.323. The Kier molecular flexibility index (Phi) is 7.26. The first-order valence-corrected chi connectivity index (χ1v) is 11.2. The summed E-state index contributed by atoms with van der Waals surface area (Å²) in [7, 11) is 0. The zero-order chi connectivity index (χ0) is 22.6. The maximum absolute atomic E-state index is 12.1. The van der Waals surface area contributed by atoms with Crippen LogP contribution in [0, 0.1) is 6.92 Å². The molecule has 3 rings (SSSR count). The number of anilines is 1. The Morgan fingerprint density at radius 1 is 1.35 bits per heavy atom. The molecular weight excluding hydrogens is 410 g/mol. The van der Waals surface area contributed by atoms with Crippen molar-refractivity contribution in [3.63, 3.8) is 0 Å². The Morgan fingerprint density at radius 2 is 2.13 bits per heavy atom. The van der Waals surface area contributed by atoms with Crippen LogP contribution in [0.2, 0.25) is 5.02 Å². The lowest BCUT2D eigenvalue weighted by molar-refractivity contribution is -0.123. The zero-order valence-corrected chi connectivity index (χ0v) is 19.8. The molecule has 31 heavy (non-hydrogen) atoms. The average Bonchev–Trinajstić information content (AvgIpc) is 2.70. The van der Waals surface area contributed by atoms with Crippen molar-refractivity contribution in [2.75, 3.05) is 18.1 Å². The van der Waals surface area contributed by atoms with E-state index < -0.39 is 0 Å². The van der Waals surface area contributed by atoms with Crippen LogP contribution in [0.25, 0.3) is 0 Å². The van der Waals surface area contributed by atoms with Crippen LogP contribution < -0.4 is 15.1 Å². The van der Waals surface area contributed by atoms with Gasteiger partial charge in [0.25, 0.3) is 5.91 Å². The molecule has 0 fully saturated rings. The molecule has 5 nitrogen and oxygen atoms in total. The van der Waals surface area contributed by atoms with E-state index >= 15 is 0 Å². The fourth-order valence-electron chi connectivity index (χ4n) is 4.35. The number of fused-ring (bicyclic) bond motifs is 1. The number of ether oxygens (including phenoxy) is 1. The molecule has 1 aliphatic heterocycles. The number of carbonyl (C=O) groups excluding carboxylic acids is 1. The molecule has 0 saturated carbocycles. The van der Waals surface area contributed by atoms with Crippen LogP contribution in [0.15, 0.2) is 41.5 Å². The smallest absolute Gasteiger partial charge is 0.277 e. The van der Waals surface area contributed by atoms with Crippen LogP contribution in [0.5, 0.6) is 5.75 Å². The Balaban J connectivity index is 1.69. The van der Waals surface area contributed by atoms with Crippen LogP contribution in [-0.2, 0) is 4.79 Å². The topological polar surface area (TPSA) is 53.9 Å². The van der Waals surface area contributed by atoms with Gasteiger partial charge in [-0.25, -0.2) is 5.43 Å². The van der Waals surface area contributed by atoms with Crippen molar-refractivity contribution < 1.29 is 9.53 Å². The monoisotopic (exact) mass is 441 g/mol. The normalized spacial score (nSPS) is 17.5. The molecule has 0 aliphatic carbocycles. The Labute approximate surface area is 190 Å². The van der Waals surface area contributed by atoms with Crippen molar-refractivity contribution in [3.05, 3.63) is 58.1 Å². The average molecular weight is 442 g/mol. The summed E-state index contributed by atoms with van der Waals surface area (Å²) in [6, 6.07) is 11.4. The lowest BCUT2D eigenvalue weighted by Crippen LogP contribution is -2.48. The third kappa shape index (κ3) is 5.59. The molecule has 1 aliphatic rings. The molecule has 0 aromatic heterocycles. The van der Waals surface area contributed by atoms with Gasteiger partial charge in [-0.1, -0.05) is 31.5 Å². The number of nitrogens with zero attached hydrogens (tertiary/aromatic N) is 2. The quantitative estimate of drug-likeness (QED) is 0.444. The SMILES string of the molecule is CCCN1c2cc(C)c(/C=N/NC(=O)COc3cccc(Cl)c3)cc2C(C)CC1(C)C. The molecule has 0 saturated heterocycles. The maximum Gasteiger partial charge on any atom is 0.277 e. The van der Waals surface area contributed by atoms with E-state index in [-0.39, 0.29) is 18.1 Å². The van der Waals surface area contributed by atoms with E-state index in [1.165, 1.54) is 11.3 Å². The van der Waals surface area contributed by atoms with Gasteiger partial charge < -0.3 is 9.64 Å². The third-order valence-electron chi connectivity index (χ3n) is 5.78. The van der Waals surface area contributed by atoms with E-state index in [1.54, 1.807) is 30.5 Å². The first-order chi connectivity index (χ1) is 14.7. The van der Waals surface area contributed by atoms with Gasteiger partial charge in [-0.2, -0.15) is 5.10 Å². The lowest BCUT2D eigenvalue weighted by atomic mass is 9.79. The number of benzene rings is 2. The number of halogens is 1. The Morgan fingerprint density at radius 3 is 2.84 bits per heavy atom. The molecule has 1 heterocycles. The molecule has 0 spiro atoms. The molecular formula is C25H32ClN3O2. The highest BCUT2D eigenvalue weighted by molar-refractivity contribution is 6.30. The Bertz CT molecular complexity index is 971. The number of hydrogen-bond donors (Lipinski definition) is 1. The van der Waals surface area contributed by atoms with Gasteiger partial charge in [-0.15, -0.1) is 0 Å². The van der Waals surface area contributed by atoms with E-state index in [0.29, 0.717) is 16.7 Å². The molecule has 0 radical (unpaired) electrons. The fraction of sp³-hybridized carbons (Fsp3) is 0.440. The van der Waals surface area contributed by atoms with Gasteiger partial charge >= 0.3 is 0 Å². The minimum absolute atomic E-state index is 0.126. The number of aryl methyl sites for hydroxylation is 1. The summed E-state index contributed by atoms with van der Waals surface area (Å²) in [6.07, 6.45) is 3.93. The third-order valence-corrected chi connectivity index (χ3v) is 6.01. The molecule has 2 aromatic rings. The largest absolute Gasteiger partial charge is 0.484 e. The fourth-order valence-corrected chi connectivity index (χ4v) is 4.53. The number of rotatable bonds is 7. The van der Waals surface area contributed by atoms with E-state index in [9.17, 15) is 4.79 Å². The number of carbonyl (C=O) groups is 1. The Hall–Kier alpha value is -2.53. The van der Waals surface area contributed by atoms with Gasteiger partial charge in [-0.3, -0.25) is 4.79 Å². The van der Waals surface area contributed by atoms with Crippen LogP contribution in [0.3, 0.4) is 0 Å². The van der Waals surface area contributed by atoms with Crippen molar-refractivity contribution in [2.24, 2.45) is 5.10 Å². The summed E-state index contributed by atoms with van der Waals surface area (Å²) in [5, 5.41) is 4.71. The number of hydrazone groups is 1. The number of nitrogens with one attached hydrogen (secondary N) is 1. The summed E-state index contributed by atoms with van der Waals surface area (Å²) < 4.78 is 5.44. The minimum Gasteiger partial charge on any atom is -0.484 e. The van der Waals surface area contributed by atoms with Crippen LogP contribution in [0.1, 0.15) is 63.1 Å². The summed E-state index contributed by atoms with van der Waals surface area (Å²) in [5.41, 5.74) is 7.49. The highest BCUT2D eigenvalue weighted by Gasteiger charge is 2.36. The molecule has 2 aromatic carbocycles. The van der Waals surface area contributed by atoms with E-state index in [2.05, 4.69) is 62.2 Å². The lowest BCUT2D eigenvalue weighted by Gasteiger charge is -2.48. The van der Waals surface area contributed by atoms with Crippen molar-refractivity contribution in [1.29, 1.82) is 0 Å². The molecule has 1 N–H and O–H groups in total. The second kappa shape index (κ2) is 9.73. The van der Waals surface area contributed by atoms with E-state index in [0.717, 1.165) is 30.5 Å². The summed E-state index contributed by atoms with van der Waals surface area (Å²) in [6.45, 7) is 12.2. The van der Waals surface area contributed by atoms with Crippen molar-refractivity contribution in [2.45, 2.75) is 58.9 Å². The molecule has 166 valence electrons.